The topological polar surface area (TPSA) is 58.6 Å². The molecule has 1 N–H and O–H groups in total. The number of likely N-dealkylation sites (tertiary alicyclic amines) is 1. The van der Waals surface area contributed by atoms with E-state index in [0.29, 0.717) is 16.3 Å². The van der Waals surface area contributed by atoms with Crippen LogP contribution in [0.4, 0.5) is 5.69 Å². The first-order chi connectivity index (χ1) is 13.0. The number of benzene rings is 2. The molecule has 1 aliphatic heterocycles. The van der Waals surface area contributed by atoms with Gasteiger partial charge in [-0.3, -0.25) is 9.59 Å². The van der Waals surface area contributed by atoms with E-state index in [1.165, 1.54) is 6.42 Å². The van der Waals surface area contributed by atoms with Crippen LogP contribution in [0.5, 0.6) is 5.75 Å². The van der Waals surface area contributed by atoms with Crippen LogP contribution >= 0.6 is 11.6 Å². The Bertz CT molecular complexity index is 815. The molecule has 1 heterocycles. The van der Waals surface area contributed by atoms with Crippen molar-refractivity contribution in [2.24, 2.45) is 0 Å². The Labute approximate surface area is 164 Å². The summed E-state index contributed by atoms with van der Waals surface area (Å²) in [5.74, 6) is 0.366. The molecule has 0 aliphatic carbocycles. The summed E-state index contributed by atoms with van der Waals surface area (Å²) < 4.78 is 5.57. The van der Waals surface area contributed by atoms with Crippen molar-refractivity contribution in [3.05, 3.63) is 58.6 Å². The first-order valence-electron chi connectivity index (χ1n) is 9.11. The molecule has 142 valence electrons. The highest BCUT2D eigenvalue weighted by atomic mass is 35.5. The van der Waals surface area contributed by atoms with Crippen molar-refractivity contribution in [2.45, 2.75) is 26.2 Å². The molecule has 1 aliphatic rings. The van der Waals surface area contributed by atoms with Gasteiger partial charge in [-0.2, -0.15) is 0 Å². The van der Waals surface area contributed by atoms with Crippen molar-refractivity contribution in [3.63, 3.8) is 0 Å². The quantitative estimate of drug-likeness (QED) is 0.833. The number of carbonyl (C=O) groups is 2. The molecule has 0 bridgehead atoms. The Morgan fingerprint density at radius 2 is 1.78 bits per heavy atom. The number of carbonyl (C=O) groups excluding carboxylic acids is 2. The van der Waals surface area contributed by atoms with Crippen molar-refractivity contribution in [2.75, 3.05) is 25.0 Å². The fourth-order valence-electron chi connectivity index (χ4n) is 3.04. The molecule has 0 atom stereocenters. The van der Waals surface area contributed by atoms with Crippen molar-refractivity contribution in [1.82, 2.24) is 4.90 Å². The predicted octanol–water partition coefficient (Wildman–Crippen LogP) is 4.29. The summed E-state index contributed by atoms with van der Waals surface area (Å²) in [5.41, 5.74) is 2.13. The molecule has 1 saturated heterocycles. The van der Waals surface area contributed by atoms with E-state index in [0.717, 1.165) is 37.2 Å². The summed E-state index contributed by atoms with van der Waals surface area (Å²) in [5, 5.41) is 3.50. The zero-order valence-corrected chi connectivity index (χ0v) is 16.1. The van der Waals surface area contributed by atoms with Crippen LogP contribution in [0.2, 0.25) is 5.02 Å². The third kappa shape index (κ3) is 5.23. The summed E-state index contributed by atoms with van der Waals surface area (Å²) in [6.45, 7) is 3.53. The molecule has 0 radical (unpaired) electrons. The average molecular weight is 387 g/mol. The van der Waals surface area contributed by atoms with Gasteiger partial charge in [0.2, 0.25) is 0 Å². The lowest BCUT2D eigenvalue weighted by atomic mass is 10.1. The van der Waals surface area contributed by atoms with Gasteiger partial charge in [-0.1, -0.05) is 11.6 Å². The predicted molar refractivity (Wildman–Crippen MR) is 107 cm³/mol. The summed E-state index contributed by atoms with van der Waals surface area (Å²) >= 11 is 5.94. The van der Waals surface area contributed by atoms with Gasteiger partial charge < -0.3 is 15.0 Å². The van der Waals surface area contributed by atoms with Crippen LogP contribution in [-0.2, 0) is 4.79 Å². The highest BCUT2D eigenvalue weighted by Gasteiger charge is 2.17. The maximum absolute atomic E-state index is 12.4. The third-order valence-electron chi connectivity index (χ3n) is 4.62. The maximum Gasteiger partial charge on any atom is 0.260 e. The Morgan fingerprint density at radius 1 is 1.07 bits per heavy atom. The number of amides is 2. The molecular weight excluding hydrogens is 364 g/mol. The number of ether oxygens (including phenoxy) is 1. The van der Waals surface area contributed by atoms with E-state index in [2.05, 4.69) is 5.32 Å². The summed E-state index contributed by atoms with van der Waals surface area (Å²) in [4.78, 5) is 26.4. The molecule has 2 aromatic carbocycles. The van der Waals surface area contributed by atoms with E-state index in [-0.39, 0.29) is 18.4 Å². The lowest BCUT2D eigenvalue weighted by molar-refractivity contribution is -0.134. The van der Waals surface area contributed by atoms with Crippen LogP contribution in [0.1, 0.15) is 35.2 Å². The van der Waals surface area contributed by atoms with Gasteiger partial charge in [0.25, 0.3) is 11.8 Å². The van der Waals surface area contributed by atoms with Crippen LogP contribution in [0.25, 0.3) is 0 Å². The molecule has 1 fully saturated rings. The van der Waals surface area contributed by atoms with Gasteiger partial charge in [0, 0.05) is 29.4 Å². The second kappa shape index (κ2) is 8.91. The number of nitrogens with zero attached hydrogens (tertiary/aromatic N) is 1. The Hall–Kier alpha value is -2.53. The van der Waals surface area contributed by atoms with Crippen LogP contribution in [0.3, 0.4) is 0 Å². The van der Waals surface area contributed by atoms with Crippen molar-refractivity contribution < 1.29 is 14.3 Å². The third-order valence-corrected chi connectivity index (χ3v) is 4.86. The summed E-state index contributed by atoms with van der Waals surface area (Å²) in [6, 6.07) is 12.1. The molecule has 0 saturated carbocycles. The van der Waals surface area contributed by atoms with Crippen LogP contribution in [0.15, 0.2) is 42.5 Å². The van der Waals surface area contributed by atoms with Crippen LogP contribution in [0, 0.1) is 6.92 Å². The number of halogens is 1. The monoisotopic (exact) mass is 386 g/mol. The Morgan fingerprint density at radius 3 is 2.44 bits per heavy atom. The number of aryl methyl sites for hydroxylation is 1. The molecule has 5 nitrogen and oxygen atoms in total. The molecule has 2 aromatic rings. The van der Waals surface area contributed by atoms with Gasteiger partial charge in [-0.25, -0.2) is 0 Å². The zero-order valence-electron chi connectivity index (χ0n) is 15.3. The Kier molecular flexibility index (Phi) is 6.35. The lowest BCUT2D eigenvalue weighted by Crippen LogP contribution is -2.38. The minimum atomic E-state index is -0.212. The first-order valence-corrected chi connectivity index (χ1v) is 9.49. The Balaban J connectivity index is 1.54. The van der Waals surface area contributed by atoms with E-state index in [9.17, 15) is 9.59 Å². The molecule has 2 amide bonds. The molecule has 27 heavy (non-hydrogen) atoms. The lowest BCUT2D eigenvalue weighted by Gasteiger charge is -2.26. The van der Waals surface area contributed by atoms with Crippen LogP contribution in [-0.4, -0.2) is 36.4 Å². The maximum atomic E-state index is 12.4. The fourth-order valence-corrected chi connectivity index (χ4v) is 3.27. The molecule has 0 unspecified atom stereocenters. The van der Waals surface area contributed by atoms with E-state index < -0.39 is 0 Å². The number of piperidine rings is 1. The number of rotatable bonds is 5. The second-order valence-corrected chi connectivity index (χ2v) is 7.10. The van der Waals surface area contributed by atoms with Gasteiger partial charge in [-0.05, 0) is 74.2 Å². The van der Waals surface area contributed by atoms with E-state index in [1.54, 1.807) is 42.5 Å². The normalized spacial score (nSPS) is 13.9. The van der Waals surface area contributed by atoms with Gasteiger partial charge in [-0.15, -0.1) is 0 Å². The standard InChI is InChI=1S/C21H23ClN2O3/c1-15-13-17(22)7-10-19(15)23-21(26)16-5-8-18(9-6-16)27-14-20(25)24-11-3-2-4-12-24/h5-10,13H,2-4,11-12,14H2,1H3,(H,23,26). The number of anilines is 1. The second-order valence-electron chi connectivity index (χ2n) is 6.67. The highest BCUT2D eigenvalue weighted by Crippen LogP contribution is 2.21. The van der Waals surface area contributed by atoms with Crippen molar-refractivity contribution in [3.8, 4) is 5.75 Å². The van der Waals surface area contributed by atoms with Gasteiger partial charge in [0.15, 0.2) is 6.61 Å². The van der Waals surface area contributed by atoms with Gasteiger partial charge >= 0.3 is 0 Å². The van der Waals surface area contributed by atoms with Crippen LogP contribution < -0.4 is 10.1 Å². The zero-order chi connectivity index (χ0) is 19.2. The number of nitrogens with one attached hydrogen (secondary N) is 1. The SMILES string of the molecule is Cc1cc(Cl)ccc1NC(=O)c1ccc(OCC(=O)N2CCCCC2)cc1. The van der Waals surface area contributed by atoms with Crippen molar-refractivity contribution >= 4 is 29.1 Å². The van der Waals surface area contributed by atoms with Crippen molar-refractivity contribution in [1.29, 1.82) is 0 Å². The minimum absolute atomic E-state index is 0.00901. The average Bonchev–Trinajstić information content (AvgIpc) is 2.69. The number of hydrogen-bond donors (Lipinski definition) is 1. The van der Waals surface area contributed by atoms with Gasteiger partial charge in [0.1, 0.15) is 5.75 Å². The molecule has 0 aromatic heterocycles. The first kappa shape index (κ1) is 19.2. The van der Waals surface area contributed by atoms with E-state index >= 15 is 0 Å². The minimum Gasteiger partial charge on any atom is -0.484 e. The molecule has 6 heteroatoms. The number of hydrogen-bond acceptors (Lipinski definition) is 3. The van der Waals surface area contributed by atoms with E-state index in [1.807, 2.05) is 11.8 Å². The molecular formula is C21H23ClN2O3. The molecule has 3 rings (SSSR count). The largest absolute Gasteiger partial charge is 0.484 e. The molecule has 0 spiro atoms. The summed E-state index contributed by atoms with van der Waals surface area (Å²) in [7, 11) is 0. The smallest absolute Gasteiger partial charge is 0.260 e. The summed E-state index contributed by atoms with van der Waals surface area (Å²) in [6.07, 6.45) is 3.30. The van der Waals surface area contributed by atoms with E-state index in [4.69, 9.17) is 16.3 Å². The van der Waals surface area contributed by atoms with Gasteiger partial charge in [0.05, 0.1) is 0 Å². The highest BCUT2D eigenvalue weighted by molar-refractivity contribution is 6.30. The fraction of sp³-hybridized carbons (Fsp3) is 0.333.